The molecule has 1 aromatic carbocycles. The van der Waals surface area contributed by atoms with Crippen LogP contribution in [0.15, 0.2) is 12.1 Å². The maximum absolute atomic E-state index is 11.4. The Labute approximate surface area is 87.6 Å². The van der Waals surface area contributed by atoms with Crippen LogP contribution in [0.2, 0.25) is 5.02 Å². The summed E-state index contributed by atoms with van der Waals surface area (Å²) in [5, 5.41) is 0.520. The van der Waals surface area contributed by atoms with Gasteiger partial charge in [-0.25, -0.2) is 4.79 Å². The fourth-order valence-electron chi connectivity index (χ4n) is 1.19. The molecule has 3 nitrogen and oxygen atoms in total. The monoisotopic (exact) mass is 214 g/mol. The van der Waals surface area contributed by atoms with Crippen molar-refractivity contribution in [3.8, 4) is 5.75 Å². The number of rotatable bonds is 2. The second-order valence-electron chi connectivity index (χ2n) is 2.74. The molecule has 0 atom stereocenters. The van der Waals surface area contributed by atoms with Crippen LogP contribution in [0.25, 0.3) is 0 Å². The highest BCUT2D eigenvalue weighted by atomic mass is 35.5. The fourth-order valence-corrected chi connectivity index (χ4v) is 1.34. The maximum atomic E-state index is 11.4. The smallest absolute Gasteiger partial charge is 0.341 e. The van der Waals surface area contributed by atoms with Gasteiger partial charge in [0.2, 0.25) is 0 Å². The lowest BCUT2D eigenvalue weighted by Crippen LogP contribution is -2.06. The van der Waals surface area contributed by atoms with Crippen LogP contribution in [0, 0.1) is 6.92 Å². The Morgan fingerprint density at radius 3 is 2.50 bits per heavy atom. The highest BCUT2D eigenvalue weighted by Crippen LogP contribution is 2.28. The Morgan fingerprint density at radius 2 is 2.00 bits per heavy atom. The Morgan fingerprint density at radius 1 is 1.36 bits per heavy atom. The molecule has 0 radical (unpaired) electrons. The molecule has 1 rings (SSSR count). The van der Waals surface area contributed by atoms with Crippen LogP contribution in [0.1, 0.15) is 15.9 Å². The van der Waals surface area contributed by atoms with Crippen molar-refractivity contribution in [2.45, 2.75) is 6.92 Å². The third kappa shape index (κ3) is 1.82. The van der Waals surface area contributed by atoms with Crippen LogP contribution in [0.3, 0.4) is 0 Å². The van der Waals surface area contributed by atoms with Gasteiger partial charge >= 0.3 is 5.97 Å². The average Bonchev–Trinajstić information content (AvgIpc) is 2.20. The van der Waals surface area contributed by atoms with Crippen molar-refractivity contribution >= 4 is 17.6 Å². The van der Waals surface area contributed by atoms with Crippen LogP contribution in [-0.2, 0) is 4.74 Å². The van der Waals surface area contributed by atoms with Gasteiger partial charge in [-0.2, -0.15) is 0 Å². The first-order valence-corrected chi connectivity index (χ1v) is 4.41. The lowest BCUT2D eigenvalue weighted by atomic mass is 10.1. The molecule has 0 spiro atoms. The molecular formula is C10H11ClO3. The molecule has 4 heteroatoms. The molecule has 0 aliphatic rings. The number of hydrogen-bond donors (Lipinski definition) is 0. The SMILES string of the molecule is COC(=O)c1c(OC)ccc(Cl)c1C. The van der Waals surface area contributed by atoms with Crippen molar-refractivity contribution in [2.24, 2.45) is 0 Å². The summed E-state index contributed by atoms with van der Waals surface area (Å²) >= 11 is 5.88. The summed E-state index contributed by atoms with van der Waals surface area (Å²) in [5.74, 6) is 0.0283. The third-order valence-corrected chi connectivity index (χ3v) is 2.38. The van der Waals surface area contributed by atoms with Gasteiger partial charge in [-0.05, 0) is 24.6 Å². The zero-order valence-electron chi connectivity index (χ0n) is 8.26. The second kappa shape index (κ2) is 4.33. The summed E-state index contributed by atoms with van der Waals surface area (Å²) < 4.78 is 9.68. The van der Waals surface area contributed by atoms with Crippen molar-refractivity contribution in [3.05, 3.63) is 28.3 Å². The molecule has 0 saturated heterocycles. The number of benzene rings is 1. The summed E-state index contributed by atoms with van der Waals surface area (Å²) in [6.45, 7) is 1.75. The highest BCUT2D eigenvalue weighted by Gasteiger charge is 2.17. The van der Waals surface area contributed by atoms with Crippen LogP contribution in [0.5, 0.6) is 5.75 Å². The van der Waals surface area contributed by atoms with Crippen LogP contribution in [0.4, 0.5) is 0 Å². The second-order valence-corrected chi connectivity index (χ2v) is 3.15. The van der Waals surface area contributed by atoms with E-state index in [2.05, 4.69) is 4.74 Å². The third-order valence-electron chi connectivity index (χ3n) is 1.97. The molecule has 1 aromatic rings. The predicted octanol–water partition coefficient (Wildman–Crippen LogP) is 2.44. The average molecular weight is 215 g/mol. The number of ether oxygens (including phenoxy) is 2. The van der Waals surface area contributed by atoms with Crippen molar-refractivity contribution in [1.82, 2.24) is 0 Å². The molecule has 0 bridgehead atoms. The van der Waals surface area contributed by atoms with E-state index in [1.54, 1.807) is 19.1 Å². The van der Waals surface area contributed by atoms with Gasteiger partial charge < -0.3 is 9.47 Å². The van der Waals surface area contributed by atoms with E-state index in [9.17, 15) is 4.79 Å². The lowest BCUT2D eigenvalue weighted by molar-refractivity contribution is 0.0596. The maximum Gasteiger partial charge on any atom is 0.341 e. The van der Waals surface area contributed by atoms with E-state index < -0.39 is 5.97 Å². The normalized spacial score (nSPS) is 9.71. The summed E-state index contributed by atoms with van der Waals surface area (Å²) in [6.07, 6.45) is 0. The van der Waals surface area contributed by atoms with Crippen LogP contribution < -0.4 is 4.74 Å². The van der Waals surface area contributed by atoms with E-state index in [-0.39, 0.29) is 0 Å². The van der Waals surface area contributed by atoms with Crippen LogP contribution in [-0.4, -0.2) is 20.2 Å². The van der Waals surface area contributed by atoms with Gasteiger partial charge in [-0.3, -0.25) is 0 Å². The van der Waals surface area contributed by atoms with Crippen molar-refractivity contribution in [3.63, 3.8) is 0 Å². The van der Waals surface area contributed by atoms with Gasteiger partial charge in [0.1, 0.15) is 11.3 Å². The van der Waals surface area contributed by atoms with E-state index >= 15 is 0 Å². The van der Waals surface area contributed by atoms with Crippen LogP contribution >= 0.6 is 11.6 Å². The Balaban J connectivity index is 3.35. The summed E-state index contributed by atoms with van der Waals surface area (Å²) in [4.78, 5) is 11.4. The van der Waals surface area contributed by atoms with Gasteiger partial charge in [0, 0.05) is 5.02 Å². The summed E-state index contributed by atoms with van der Waals surface area (Å²) in [6, 6.07) is 3.32. The van der Waals surface area contributed by atoms with E-state index in [0.717, 1.165) is 0 Å². The zero-order chi connectivity index (χ0) is 10.7. The molecular weight excluding hydrogens is 204 g/mol. The highest BCUT2D eigenvalue weighted by molar-refractivity contribution is 6.31. The summed E-state index contributed by atoms with van der Waals surface area (Å²) in [7, 11) is 2.82. The first-order valence-electron chi connectivity index (χ1n) is 4.03. The molecule has 0 N–H and O–H groups in total. The van der Waals surface area contributed by atoms with E-state index in [1.165, 1.54) is 14.2 Å². The first kappa shape index (κ1) is 10.9. The Kier molecular flexibility index (Phi) is 3.36. The molecule has 0 aromatic heterocycles. The van der Waals surface area contributed by atoms with Gasteiger partial charge in [0.15, 0.2) is 0 Å². The fraction of sp³-hybridized carbons (Fsp3) is 0.300. The number of carbonyl (C=O) groups excluding carboxylic acids is 1. The minimum atomic E-state index is -0.443. The largest absolute Gasteiger partial charge is 0.496 e. The summed E-state index contributed by atoms with van der Waals surface area (Å²) in [5.41, 5.74) is 1.04. The molecule has 14 heavy (non-hydrogen) atoms. The van der Waals surface area contributed by atoms with Gasteiger partial charge in [0.05, 0.1) is 14.2 Å². The zero-order valence-corrected chi connectivity index (χ0v) is 9.01. The Hall–Kier alpha value is -1.22. The number of carbonyl (C=O) groups is 1. The minimum Gasteiger partial charge on any atom is -0.496 e. The molecule has 0 amide bonds. The predicted molar refractivity (Wildman–Crippen MR) is 54.1 cm³/mol. The molecule has 0 unspecified atom stereocenters. The van der Waals surface area contributed by atoms with Crippen molar-refractivity contribution in [2.75, 3.05) is 14.2 Å². The Bertz CT molecular complexity index is 361. The van der Waals surface area contributed by atoms with Gasteiger partial charge in [-0.1, -0.05) is 11.6 Å². The number of halogens is 1. The van der Waals surface area contributed by atoms with Gasteiger partial charge in [-0.15, -0.1) is 0 Å². The minimum absolute atomic E-state index is 0.377. The number of methoxy groups -OCH3 is 2. The van der Waals surface area contributed by atoms with E-state index in [4.69, 9.17) is 16.3 Å². The molecule has 0 heterocycles. The molecule has 0 aliphatic heterocycles. The topological polar surface area (TPSA) is 35.5 Å². The first-order chi connectivity index (χ1) is 6.61. The molecule has 0 saturated carbocycles. The van der Waals surface area contributed by atoms with Crippen molar-refractivity contribution < 1.29 is 14.3 Å². The lowest BCUT2D eigenvalue weighted by Gasteiger charge is -2.10. The molecule has 0 fully saturated rings. The standard InChI is InChI=1S/C10H11ClO3/c1-6-7(11)4-5-8(13-2)9(6)10(12)14-3/h4-5H,1-3H3. The van der Waals surface area contributed by atoms with Gasteiger partial charge in [0.25, 0.3) is 0 Å². The van der Waals surface area contributed by atoms with E-state index in [0.29, 0.717) is 21.9 Å². The number of hydrogen-bond acceptors (Lipinski definition) is 3. The number of esters is 1. The quantitative estimate of drug-likeness (QED) is 0.710. The molecule has 0 aliphatic carbocycles. The van der Waals surface area contributed by atoms with Crippen molar-refractivity contribution in [1.29, 1.82) is 0 Å². The molecule has 76 valence electrons. The van der Waals surface area contributed by atoms with E-state index in [1.807, 2.05) is 0 Å².